The molecule has 2 aromatic rings. The molecule has 0 aliphatic rings. The molecule has 1 N–H and O–H groups in total. The predicted molar refractivity (Wildman–Crippen MR) is 105 cm³/mol. The monoisotopic (exact) mass is 392 g/mol. The van der Waals surface area contributed by atoms with Crippen LogP contribution in [0.3, 0.4) is 0 Å². The van der Waals surface area contributed by atoms with Crippen LogP contribution in [0, 0.1) is 10.1 Å². The quantitative estimate of drug-likeness (QED) is 0.547. The zero-order valence-electron chi connectivity index (χ0n) is 15.8. The van der Waals surface area contributed by atoms with Gasteiger partial charge in [0.05, 0.1) is 4.92 Å². The van der Waals surface area contributed by atoms with Crippen LogP contribution in [0.2, 0.25) is 0 Å². The Morgan fingerprint density at radius 3 is 2.15 bits per heavy atom. The third kappa shape index (κ3) is 5.03. The smallest absolute Gasteiger partial charge is 0.289 e. The maximum absolute atomic E-state index is 12.6. The van der Waals surface area contributed by atoms with Crippen molar-refractivity contribution < 1.29 is 13.3 Å². The molecule has 0 fully saturated rings. The summed E-state index contributed by atoms with van der Waals surface area (Å²) < 4.78 is 27.7. The highest BCUT2D eigenvalue weighted by Gasteiger charge is 2.26. The Labute approximate surface area is 159 Å². The molecule has 9 heteroatoms. The van der Waals surface area contributed by atoms with E-state index in [1.807, 2.05) is 62.3 Å². The number of nitrogens with one attached hydrogen (secondary N) is 1. The van der Waals surface area contributed by atoms with Gasteiger partial charge in [0.15, 0.2) is 4.90 Å². The molecule has 1 atom stereocenters. The highest BCUT2D eigenvalue weighted by molar-refractivity contribution is 7.89. The lowest BCUT2D eigenvalue weighted by atomic mass is 10.1. The standard InChI is InChI=1S/C18H24N4O4S/c1-20(2)15-11-9-14(10-12-15)17(21(3)4)13-19-27(25,26)18-8-6-5-7-16(18)22(23)24/h5-12,17,19H,13H2,1-4H3. The van der Waals surface area contributed by atoms with E-state index in [9.17, 15) is 18.5 Å². The van der Waals surface area contributed by atoms with Crippen molar-refractivity contribution in [3.63, 3.8) is 0 Å². The Morgan fingerprint density at radius 2 is 1.63 bits per heavy atom. The summed E-state index contributed by atoms with van der Waals surface area (Å²) in [6.07, 6.45) is 0. The van der Waals surface area contributed by atoms with Gasteiger partial charge in [-0.25, -0.2) is 13.1 Å². The molecule has 27 heavy (non-hydrogen) atoms. The fraction of sp³-hybridized carbons (Fsp3) is 0.333. The summed E-state index contributed by atoms with van der Waals surface area (Å²) >= 11 is 0. The molecule has 0 bridgehead atoms. The van der Waals surface area contributed by atoms with Crippen LogP contribution in [0.4, 0.5) is 11.4 Å². The third-order valence-electron chi connectivity index (χ3n) is 4.24. The summed E-state index contributed by atoms with van der Waals surface area (Å²) in [4.78, 5) is 14.0. The minimum Gasteiger partial charge on any atom is -0.378 e. The Balaban J connectivity index is 2.24. The van der Waals surface area contributed by atoms with Crippen molar-refractivity contribution in [2.75, 3.05) is 39.6 Å². The van der Waals surface area contributed by atoms with Crippen molar-refractivity contribution in [3.8, 4) is 0 Å². The van der Waals surface area contributed by atoms with Gasteiger partial charge >= 0.3 is 0 Å². The van der Waals surface area contributed by atoms with E-state index in [4.69, 9.17) is 0 Å². The molecule has 2 rings (SSSR count). The summed E-state index contributed by atoms with van der Waals surface area (Å²) in [5.74, 6) is 0. The van der Waals surface area contributed by atoms with Crippen LogP contribution >= 0.6 is 0 Å². The molecule has 0 radical (unpaired) electrons. The molecule has 1 unspecified atom stereocenters. The van der Waals surface area contributed by atoms with Crippen LogP contribution in [-0.2, 0) is 10.0 Å². The van der Waals surface area contributed by atoms with E-state index in [1.165, 1.54) is 24.3 Å². The van der Waals surface area contributed by atoms with Crippen LogP contribution in [-0.4, -0.2) is 53.0 Å². The zero-order chi connectivity index (χ0) is 20.2. The molecular weight excluding hydrogens is 368 g/mol. The zero-order valence-corrected chi connectivity index (χ0v) is 16.6. The number of rotatable bonds is 8. The van der Waals surface area contributed by atoms with Crippen molar-refractivity contribution >= 4 is 21.4 Å². The molecule has 0 heterocycles. The van der Waals surface area contributed by atoms with Gasteiger partial charge in [0.1, 0.15) is 0 Å². The summed E-state index contributed by atoms with van der Waals surface area (Å²) in [5, 5.41) is 11.1. The van der Waals surface area contributed by atoms with Crippen LogP contribution in [0.25, 0.3) is 0 Å². The van der Waals surface area contributed by atoms with E-state index in [0.717, 1.165) is 11.3 Å². The summed E-state index contributed by atoms with van der Waals surface area (Å²) in [5.41, 5.74) is 1.54. The maximum Gasteiger partial charge on any atom is 0.289 e. The number of hydrogen-bond acceptors (Lipinski definition) is 6. The fourth-order valence-corrected chi connectivity index (χ4v) is 3.90. The van der Waals surface area contributed by atoms with Crippen molar-refractivity contribution in [1.29, 1.82) is 0 Å². The van der Waals surface area contributed by atoms with Gasteiger partial charge < -0.3 is 9.80 Å². The summed E-state index contributed by atoms with van der Waals surface area (Å²) in [6.45, 7) is 0.0860. The average molecular weight is 392 g/mol. The lowest BCUT2D eigenvalue weighted by Crippen LogP contribution is -2.34. The maximum atomic E-state index is 12.6. The van der Waals surface area contributed by atoms with E-state index >= 15 is 0 Å². The lowest BCUT2D eigenvalue weighted by molar-refractivity contribution is -0.387. The SMILES string of the molecule is CN(C)c1ccc(C(CNS(=O)(=O)c2ccccc2[N+](=O)[O-])N(C)C)cc1. The number of likely N-dealkylation sites (N-methyl/N-ethyl adjacent to an activating group) is 1. The highest BCUT2D eigenvalue weighted by Crippen LogP contribution is 2.25. The van der Waals surface area contributed by atoms with Gasteiger partial charge in [-0.05, 0) is 37.9 Å². The Bertz CT molecular complexity index is 896. The Kier molecular flexibility index (Phi) is 6.53. The van der Waals surface area contributed by atoms with E-state index in [1.54, 1.807) is 0 Å². The van der Waals surface area contributed by atoms with Crippen molar-refractivity contribution in [3.05, 3.63) is 64.2 Å². The van der Waals surface area contributed by atoms with Gasteiger partial charge in [0.2, 0.25) is 10.0 Å². The molecule has 0 aromatic heterocycles. The molecule has 0 spiro atoms. The van der Waals surface area contributed by atoms with Gasteiger partial charge in [-0.15, -0.1) is 0 Å². The largest absolute Gasteiger partial charge is 0.378 e. The predicted octanol–water partition coefficient (Wildman–Crippen LogP) is 2.24. The first kappa shape index (κ1) is 20.8. The number of nitro benzene ring substituents is 1. The molecule has 2 aromatic carbocycles. The molecule has 146 valence electrons. The second kappa shape index (κ2) is 8.47. The van der Waals surface area contributed by atoms with E-state index in [-0.39, 0.29) is 17.5 Å². The van der Waals surface area contributed by atoms with Crippen molar-refractivity contribution in [2.45, 2.75) is 10.9 Å². The fourth-order valence-electron chi connectivity index (χ4n) is 2.69. The molecule has 8 nitrogen and oxygen atoms in total. The molecular formula is C18H24N4O4S. The second-order valence-corrected chi connectivity index (χ2v) is 8.28. The third-order valence-corrected chi connectivity index (χ3v) is 5.71. The van der Waals surface area contributed by atoms with Crippen LogP contribution < -0.4 is 9.62 Å². The van der Waals surface area contributed by atoms with Crippen molar-refractivity contribution in [1.82, 2.24) is 9.62 Å². The average Bonchev–Trinajstić information content (AvgIpc) is 2.62. The van der Waals surface area contributed by atoms with E-state index < -0.39 is 20.6 Å². The van der Waals surface area contributed by atoms with Crippen LogP contribution in [0.5, 0.6) is 0 Å². The van der Waals surface area contributed by atoms with Crippen LogP contribution in [0.15, 0.2) is 53.4 Å². The van der Waals surface area contributed by atoms with Gasteiger partial charge in [0.25, 0.3) is 5.69 Å². The van der Waals surface area contributed by atoms with Crippen molar-refractivity contribution in [2.24, 2.45) is 0 Å². The first-order valence-electron chi connectivity index (χ1n) is 8.30. The van der Waals surface area contributed by atoms with Crippen LogP contribution in [0.1, 0.15) is 11.6 Å². The number of hydrogen-bond donors (Lipinski definition) is 1. The minimum atomic E-state index is -4.02. The lowest BCUT2D eigenvalue weighted by Gasteiger charge is -2.25. The normalized spacial score (nSPS) is 12.8. The molecule has 0 amide bonds. The second-order valence-electron chi connectivity index (χ2n) is 6.54. The number of nitro groups is 1. The first-order valence-corrected chi connectivity index (χ1v) is 9.78. The number of benzene rings is 2. The highest BCUT2D eigenvalue weighted by atomic mass is 32.2. The Morgan fingerprint density at radius 1 is 1.04 bits per heavy atom. The first-order chi connectivity index (χ1) is 12.6. The number of nitrogens with zero attached hydrogens (tertiary/aromatic N) is 3. The molecule has 0 aliphatic carbocycles. The van der Waals surface area contributed by atoms with E-state index in [0.29, 0.717) is 0 Å². The molecule has 0 saturated heterocycles. The Hall–Kier alpha value is -2.49. The number of anilines is 1. The van der Waals surface area contributed by atoms with Gasteiger partial charge in [-0.3, -0.25) is 10.1 Å². The minimum absolute atomic E-state index is 0.0860. The molecule has 0 aliphatic heterocycles. The van der Waals surface area contributed by atoms with Gasteiger partial charge in [-0.1, -0.05) is 24.3 Å². The summed E-state index contributed by atoms with van der Waals surface area (Å²) in [6, 6.07) is 12.9. The topological polar surface area (TPSA) is 95.8 Å². The summed E-state index contributed by atoms with van der Waals surface area (Å²) in [7, 11) is 3.57. The van der Waals surface area contributed by atoms with E-state index in [2.05, 4.69) is 4.72 Å². The number of para-hydroxylation sites is 1. The number of sulfonamides is 1. The molecule has 0 saturated carbocycles. The van der Waals surface area contributed by atoms with Gasteiger partial charge in [0, 0.05) is 38.4 Å². The van der Waals surface area contributed by atoms with Gasteiger partial charge in [-0.2, -0.15) is 0 Å².